The van der Waals surface area contributed by atoms with Crippen LogP contribution in [0.4, 0.5) is 11.4 Å². The lowest BCUT2D eigenvalue weighted by molar-refractivity contribution is -0.385. The van der Waals surface area contributed by atoms with Crippen molar-refractivity contribution in [3.63, 3.8) is 0 Å². The molecule has 470 valence electrons. The molecule has 0 unspecified atom stereocenters. The van der Waals surface area contributed by atoms with E-state index >= 15 is 0 Å². The monoisotopic (exact) mass is 1250 g/mol. The maximum Gasteiger partial charge on any atom is 0.271 e. The van der Waals surface area contributed by atoms with Gasteiger partial charge in [0.05, 0.1) is 46.1 Å². The van der Waals surface area contributed by atoms with Crippen molar-refractivity contribution >= 4 is 43.2 Å². The van der Waals surface area contributed by atoms with Crippen molar-refractivity contribution in [2.45, 2.75) is 140 Å². The first-order valence-corrected chi connectivity index (χ1v) is 32.0. The second kappa shape index (κ2) is 26.0. The van der Waals surface area contributed by atoms with Crippen LogP contribution < -0.4 is 28.4 Å². The molecule has 2 N–H and O–H groups in total. The van der Waals surface area contributed by atoms with Crippen LogP contribution in [0.15, 0.2) is 107 Å². The van der Waals surface area contributed by atoms with E-state index in [1.54, 1.807) is 0 Å². The quantitative estimate of drug-likeness (QED) is 0.0850. The van der Waals surface area contributed by atoms with Gasteiger partial charge in [-0.2, -0.15) is 0 Å². The van der Waals surface area contributed by atoms with Crippen molar-refractivity contribution in [1.29, 1.82) is 0 Å². The minimum absolute atomic E-state index is 0.00584. The number of nitro groups is 2. The van der Waals surface area contributed by atoms with Gasteiger partial charge >= 0.3 is 0 Å². The van der Waals surface area contributed by atoms with Crippen LogP contribution in [-0.4, -0.2) is 91.4 Å². The fraction of sp³-hybridized carbons (Fsp3) is 0.424. The number of ether oxygens (including phenoxy) is 6. The lowest BCUT2D eigenvalue weighted by Gasteiger charge is -2.29. The number of nitrogens with one attached hydrogen (secondary N) is 2. The number of non-ortho nitro benzene ring substituents is 2. The summed E-state index contributed by atoms with van der Waals surface area (Å²) in [6.45, 7) is 25.0. The van der Waals surface area contributed by atoms with Gasteiger partial charge in [0.15, 0.2) is 13.2 Å². The Morgan fingerprint density at radius 2 is 0.682 bits per heavy atom. The molecule has 2 amide bonds. The minimum Gasteiger partial charge on any atom is -0.491 e. The number of carbonyl (C=O) groups is 2. The Morgan fingerprint density at radius 3 is 0.955 bits per heavy atom. The first kappa shape index (κ1) is 66.0. The van der Waals surface area contributed by atoms with Crippen LogP contribution >= 0.6 is 0 Å². The number of amides is 2. The van der Waals surface area contributed by atoms with Gasteiger partial charge in [0.25, 0.3) is 43.2 Å². The van der Waals surface area contributed by atoms with Gasteiger partial charge in [-0.25, -0.2) is 26.3 Å². The van der Waals surface area contributed by atoms with E-state index in [2.05, 4.69) is 117 Å². The second-order valence-electron chi connectivity index (χ2n) is 26.3. The van der Waals surface area contributed by atoms with Crippen LogP contribution in [0, 0.1) is 20.2 Å². The van der Waals surface area contributed by atoms with Gasteiger partial charge in [0.1, 0.15) is 36.2 Å². The van der Waals surface area contributed by atoms with Crippen molar-refractivity contribution in [2.24, 2.45) is 0 Å². The van der Waals surface area contributed by atoms with Crippen LogP contribution in [0.2, 0.25) is 0 Å². The maximum atomic E-state index is 14.1. The summed E-state index contributed by atoms with van der Waals surface area (Å²) in [5, 5.41) is 22.8. The van der Waals surface area contributed by atoms with E-state index < -0.39 is 65.8 Å². The molecule has 0 fully saturated rings. The summed E-state index contributed by atoms with van der Waals surface area (Å²) in [6.07, 6.45) is 0.644. The standard InChI is InChI=1S/C66H78N4O16S2/c1-63(2,3)49-31-41-27-42-32-50(64(4,5)6)34-44-29-46-36-52(66(10,11)12)38-48(62(46)86-40-58(72)68-88(79,80)56-19-15-54(16-20-56)70(75)76)30-47-37-51(65(7,8)9)35-45(28-43(33-49)59(41)83-25-23-81-21-22-82-24-26-84-60(42)44)61(47)85-39-57(71)67-87(77,78)55-17-13-53(14-18-55)69(73)74/h13-20,31-38H,21-30,39-40H2,1-12H3,(H,67,71)(H,68,72). The van der Waals surface area contributed by atoms with Crippen LogP contribution in [0.25, 0.3) is 0 Å². The number of fused-ring (bicyclic) bond motifs is 4. The SMILES string of the molecule is CC(C)(C)c1cc2c3c(c1)Cc1cc(C(C)(C)C)cc(c1OCC(=O)NS(=O)(=O)c1ccc([N+](=O)[O-])cc1)Cc1cc(C(C)(C)C)cc(c1OCC(=O)NS(=O)(=O)c1ccc([N+](=O)[O-])cc1)Cc1cc(C(C)(C)C)cc(c1OCCOCCOCCO3)C2. The zero-order valence-electron chi connectivity index (χ0n) is 52.0. The zero-order valence-corrected chi connectivity index (χ0v) is 53.6. The van der Waals surface area contributed by atoms with Crippen molar-refractivity contribution in [2.75, 3.05) is 52.9 Å². The van der Waals surface area contributed by atoms with E-state index in [-0.39, 0.29) is 89.2 Å². The highest BCUT2D eigenvalue weighted by Gasteiger charge is 2.31. The molecule has 20 nitrogen and oxygen atoms in total. The summed E-state index contributed by atoms with van der Waals surface area (Å²) in [4.78, 5) is 48.9. The van der Waals surface area contributed by atoms with Gasteiger partial charge in [-0.05, 0) is 113 Å². The molecule has 0 spiro atoms. The third kappa shape index (κ3) is 16.2. The van der Waals surface area contributed by atoms with E-state index in [0.29, 0.717) is 53.4 Å². The summed E-state index contributed by atoms with van der Waals surface area (Å²) in [5.41, 5.74) is 6.78. The maximum absolute atomic E-state index is 14.1. The number of nitrogens with zero attached hydrogens (tertiary/aromatic N) is 2. The lowest BCUT2D eigenvalue weighted by atomic mass is 9.79. The predicted octanol–water partition coefficient (Wildman–Crippen LogP) is 10.9. The third-order valence-electron chi connectivity index (χ3n) is 15.2. The molecule has 1 heterocycles. The van der Waals surface area contributed by atoms with E-state index in [0.717, 1.165) is 93.0 Å². The molecule has 88 heavy (non-hydrogen) atoms. The highest BCUT2D eigenvalue weighted by Crippen LogP contribution is 2.45. The number of hydrogen-bond donors (Lipinski definition) is 2. The van der Waals surface area contributed by atoms with E-state index in [9.17, 15) is 46.7 Å². The average molecular weight is 1250 g/mol. The van der Waals surface area contributed by atoms with Crippen LogP contribution in [0.1, 0.15) is 150 Å². The molecule has 6 aromatic rings. The van der Waals surface area contributed by atoms with Gasteiger partial charge < -0.3 is 28.4 Å². The smallest absolute Gasteiger partial charge is 0.271 e. The van der Waals surface area contributed by atoms with Crippen molar-refractivity contribution in [3.8, 4) is 23.0 Å². The number of benzene rings is 6. The molecular formula is C66H78N4O16S2. The molecule has 2 aliphatic rings. The molecule has 0 radical (unpaired) electrons. The molecule has 1 aliphatic heterocycles. The fourth-order valence-electron chi connectivity index (χ4n) is 10.3. The molecule has 10 bridgehead atoms. The highest BCUT2D eigenvalue weighted by molar-refractivity contribution is 7.90. The Hall–Kier alpha value is -7.92. The van der Waals surface area contributed by atoms with Crippen LogP contribution in [0.5, 0.6) is 23.0 Å². The summed E-state index contributed by atoms with van der Waals surface area (Å²) in [5.74, 6) is -0.416. The first-order chi connectivity index (χ1) is 41.1. The first-order valence-electron chi connectivity index (χ1n) is 29.0. The minimum atomic E-state index is -4.56. The van der Waals surface area contributed by atoms with Crippen LogP contribution in [-0.2, 0) is 86.5 Å². The van der Waals surface area contributed by atoms with Crippen molar-refractivity contribution in [1.82, 2.24) is 9.44 Å². The van der Waals surface area contributed by atoms with Gasteiger partial charge in [0, 0.05) is 49.9 Å². The molecule has 0 saturated carbocycles. The Labute approximate surface area is 515 Å². The normalized spacial score (nSPS) is 14.5. The number of sulfonamides is 2. The number of carbonyl (C=O) groups excluding carboxylic acids is 2. The average Bonchev–Trinajstić information content (AvgIpc) is 1.55. The number of nitro benzene ring substituents is 2. The Balaban J connectivity index is 1.40. The van der Waals surface area contributed by atoms with Crippen molar-refractivity contribution in [3.05, 3.63) is 184 Å². The molecular weight excluding hydrogens is 1170 g/mol. The Kier molecular flexibility index (Phi) is 19.5. The summed E-state index contributed by atoms with van der Waals surface area (Å²) >= 11 is 0. The fourth-order valence-corrected chi connectivity index (χ4v) is 12.3. The summed E-state index contributed by atoms with van der Waals surface area (Å²) in [7, 11) is -9.13. The van der Waals surface area contributed by atoms with Gasteiger partial charge in [-0.3, -0.25) is 29.8 Å². The summed E-state index contributed by atoms with van der Waals surface area (Å²) in [6, 6.07) is 24.7. The molecule has 0 atom stereocenters. The summed E-state index contributed by atoms with van der Waals surface area (Å²) < 4.78 is 98.2. The lowest BCUT2D eigenvalue weighted by Crippen LogP contribution is -2.34. The molecule has 0 aromatic heterocycles. The predicted molar refractivity (Wildman–Crippen MR) is 332 cm³/mol. The van der Waals surface area contributed by atoms with Gasteiger partial charge in [-0.1, -0.05) is 132 Å². The van der Waals surface area contributed by atoms with Gasteiger partial charge in [0.2, 0.25) is 0 Å². The molecule has 8 rings (SSSR count). The molecule has 6 aromatic carbocycles. The van der Waals surface area contributed by atoms with Gasteiger partial charge in [-0.15, -0.1) is 0 Å². The molecule has 22 heteroatoms. The Morgan fingerprint density at radius 1 is 0.432 bits per heavy atom. The van der Waals surface area contributed by atoms with E-state index in [1.807, 2.05) is 24.3 Å². The largest absolute Gasteiger partial charge is 0.491 e. The Bertz CT molecular complexity index is 3620. The molecule has 0 saturated heterocycles. The van der Waals surface area contributed by atoms with Crippen molar-refractivity contribution < 1.29 is 64.7 Å². The topological polar surface area (TPSA) is 268 Å². The molecule has 1 aliphatic carbocycles. The van der Waals surface area contributed by atoms with E-state index in [1.165, 1.54) is 0 Å². The van der Waals surface area contributed by atoms with Crippen LogP contribution in [0.3, 0.4) is 0 Å². The highest BCUT2D eigenvalue weighted by atomic mass is 32.2. The number of hydrogen-bond acceptors (Lipinski definition) is 16. The third-order valence-corrected chi connectivity index (χ3v) is 18.0. The zero-order chi connectivity index (χ0) is 64.3. The number of rotatable bonds is 12. The van der Waals surface area contributed by atoms with E-state index in [4.69, 9.17) is 28.4 Å². The second-order valence-corrected chi connectivity index (χ2v) is 29.6.